The van der Waals surface area contributed by atoms with E-state index in [1.165, 1.54) is 42.4 Å². The summed E-state index contributed by atoms with van der Waals surface area (Å²) in [7, 11) is 0. The monoisotopic (exact) mass is 418 g/mol. The van der Waals surface area contributed by atoms with E-state index in [1.807, 2.05) is 12.1 Å². The smallest absolute Gasteiger partial charge is 0.147 e. The van der Waals surface area contributed by atoms with Crippen molar-refractivity contribution in [1.82, 2.24) is 0 Å². The summed E-state index contributed by atoms with van der Waals surface area (Å²) in [5, 5.41) is 0. The summed E-state index contributed by atoms with van der Waals surface area (Å²) in [6, 6.07) is 17.1. The first kappa shape index (κ1) is 23.4. The Morgan fingerprint density at radius 1 is 0.806 bits per heavy atom. The zero-order chi connectivity index (χ0) is 22.1. The van der Waals surface area contributed by atoms with Gasteiger partial charge in [0.1, 0.15) is 11.6 Å². The number of aryl methyl sites for hydroxylation is 1. The van der Waals surface area contributed by atoms with Crippen molar-refractivity contribution in [3.05, 3.63) is 59.7 Å². The van der Waals surface area contributed by atoms with E-state index in [0.29, 0.717) is 18.8 Å². The van der Waals surface area contributed by atoms with Gasteiger partial charge in [0, 0.05) is 12.8 Å². The van der Waals surface area contributed by atoms with Gasteiger partial charge in [-0.25, -0.2) is 0 Å². The van der Waals surface area contributed by atoms with Crippen LogP contribution in [0, 0.1) is 11.8 Å². The first-order valence-corrected chi connectivity index (χ1v) is 12.3. The number of carbonyl (C=O) groups excluding carboxylic acids is 2. The van der Waals surface area contributed by atoms with Gasteiger partial charge in [0.15, 0.2) is 0 Å². The molecule has 3 rings (SSSR count). The molecule has 0 aliphatic heterocycles. The van der Waals surface area contributed by atoms with Gasteiger partial charge < -0.3 is 0 Å². The average Bonchev–Trinajstić information content (AvgIpc) is 2.78. The van der Waals surface area contributed by atoms with Crippen LogP contribution in [-0.4, -0.2) is 11.6 Å². The lowest BCUT2D eigenvalue weighted by Crippen LogP contribution is -2.31. The van der Waals surface area contributed by atoms with Crippen LogP contribution < -0.4 is 0 Å². The van der Waals surface area contributed by atoms with E-state index in [-0.39, 0.29) is 17.5 Å². The molecule has 0 saturated heterocycles. The molecule has 0 radical (unpaired) electrons. The zero-order valence-corrected chi connectivity index (χ0v) is 19.4. The minimum atomic E-state index is -0.377. The normalized spacial score (nSPS) is 18.8. The van der Waals surface area contributed by atoms with E-state index in [9.17, 15) is 9.59 Å². The van der Waals surface area contributed by atoms with Crippen molar-refractivity contribution >= 4 is 11.6 Å². The lowest BCUT2D eigenvalue weighted by Gasteiger charge is -2.26. The molecule has 0 spiro atoms. The van der Waals surface area contributed by atoms with Crippen LogP contribution in [-0.2, 0) is 22.4 Å². The van der Waals surface area contributed by atoms with Crippen LogP contribution in [0.25, 0.3) is 11.1 Å². The van der Waals surface area contributed by atoms with Gasteiger partial charge in [-0.2, -0.15) is 0 Å². The molecule has 0 N–H and O–H groups in total. The molecule has 1 aliphatic carbocycles. The van der Waals surface area contributed by atoms with Crippen LogP contribution >= 0.6 is 0 Å². The van der Waals surface area contributed by atoms with Crippen molar-refractivity contribution in [3.63, 3.8) is 0 Å². The summed E-state index contributed by atoms with van der Waals surface area (Å²) >= 11 is 0. The van der Waals surface area contributed by atoms with Crippen LogP contribution in [0.4, 0.5) is 0 Å². The maximum atomic E-state index is 12.7. The Kier molecular flexibility index (Phi) is 9.06. The third kappa shape index (κ3) is 6.89. The molecule has 2 unspecified atom stereocenters. The fourth-order valence-electron chi connectivity index (χ4n) is 4.85. The number of ketones is 2. The van der Waals surface area contributed by atoms with E-state index in [0.717, 1.165) is 37.7 Å². The quantitative estimate of drug-likeness (QED) is 0.282. The van der Waals surface area contributed by atoms with Gasteiger partial charge in [-0.1, -0.05) is 94.5 Å². The van der Waals surface area contributed by atoms with E-state index in [1.54, 1.807) is 0 Å². The maximum Gasteiger partial charge on any atom is 0.147 e. The topological polar surface area (TPSA) is 34.1 Å². The highest BCUT2D eigenvalue weighted by Gasteiger charge is 2.32. The number of hydrogen-bond donors (Lipinski definition) is 0. The lowest BCUT2D eigenvalue weighted by molar-refractivity contribution is -0.135. The number of rotatable bonds is 11. The highest BCUT2D eigenvalue weighted by atomic mass is 16.1. The molecule has 0 heterocycles. The maximum absolute atomic E-state index is 12.7. The molecule has 2 nitrogen and oxygen atoms in total. The van der Waals surface area contributed by atoms with E-state index >= 15 is 0 Å². The van der Waals surface area contributed by atoms with E-state index < -0.39 is 0 Å². The largest absolute Gasteiger partial charge is 0.299 e. The molecule has 2 heteroatoms. The number of Topliss-reactive ketones (excluding diaryl/α,β-unsaturated/α-hetero) is 2. The van der Waals surface area contributed by atoms with E-state index in [4.69, 9.17) is 0 Å². The molecule has 0 bridgehead atoms. The number of benzene rings is 2. The van der Waals surface area contributed by atoms with Crippen LogP contribution in [0.2, 0.25) is 0 Å². The molecule has 0 amide bonds. The molecule has 2 aromatic rings. The Bertz CT molecular complexity index is 832. The highest BCUT2D eigenvalue weighted by Crippen LogP contribution is 2.30. The molecule has 0 aromatic heterocycles. The molecular weight excluding hydrogens is 380 g/mol. The van der Waals surface area contributed by atoms with Gasteiger partial charge in [0.05, 0.1) is 5.92 Å². The fraction of sp³-hybridized carbons (Fsp3) is 0.517. The molecule has 31 heavy (non-hydrogen) atoms. The Morgan fingerprint density at radius 2 is 1.45 bits per heavy atom. The number of unbranched alkanes of at least 4 members (excludes halogenated alkanes) is 3. The van der Waals surface area contributed by atoms with Gasteiger partial charge in [0.25, 0.3) is 0 Å². The average molecular weight is 419 g/mol. The number of carbonyl (C=O) groups is 2. The summed E-state index contributed by atoms with van der Waals surface area (Å²) in [6.07, 6.45) is 11.3. The standard InChI is InChI=1S/C29H38O2/c1-3-5-6-7-9-22-10-15-25(16-11-22)26-17-12-24(13-18-26)21-29(31)27-19-14-23(8-4-2)20-28(27)30/h10-13,15-18,23,27H,3-9,14,19-21H2,1-2H3. The van der Waals surface area contributed by atoms with Crippen molar-refractivity contribution in [2.45, 2.75) is 84.5 Å². The van der Waals surface area contributed by atoms with Crippen molar-refractivity contribution in [2.24, 2.45) is 11.8 Å². The lowest BCUT2D eigenvalue weighted by atomic mass is 9.76. The Balaban J connectivity index is 1.53. The summed E-state index contributed by atoms with van der Waals surface area (Å²) in [6.45, 7) is 4.41. The fourth-order valence-corrected chi connectivity index (χ4v) is 4.85. The van der Waals surface area contributed by atoms with Gasteiger partial charge in [-0.15, -0.1) is 0 Å². The van der Waals surface area contributed by atoms with Crippen LogP contribution in [0.1, 0.15) is 82.8 Å². The molecule has 1 aliphatic rings. The van der Waals surface area contributed by atoms with Crippen molar-refractivity contribution in [1.29, 1.82) is 0 Å². The SMILES string of the molecule is CCCCCCc1ccc(-c2ccc(CC(=O)C3CCC(CCC)CC3=O)cc2)cc1. The Morgan fingerprint density at radius 3 is 2.03 bits per heavy atom. The number of hydrogen-bond acceptors (Lipinski definition) is 2. The molecule has 1 saturated carbocycles. The minimum Gasteiger partial charge on any atom is -0.299 e. The summed E-state index contributed by atoms with van der Waals surface area (Å²) in [4.78, 5) is 25.2. The first-order chi connectivity index (χ1) is 15.1. The van der Waals surface area contributed by atoms with Crippen molar-refractivity contribution < 1.29 is 9.59 Å². The van der Waals surface area contributed by atoms with Gasteiger partial charge in [0.2, 0.25) is 0 Å². The second kappa shape index (κ2) is 12.0. The first-order valence-electron chi connectivity index (χ1n) is 12.3. The third-order valence-electron chi connectivity index (χ3n) is 6.77. The molecule has 2 atom stereocenters. The summed E-state index contributed by atoms with van der Waals surface area (Å²) < 4.78 is 0. The molecule has 166 valence electrons. The van der Waals surface area contributed by atoms with Gasteiger partial charge in [-0.3, -0.25) is 9.59 Å². The minimum absolute atomic E-state index is 0.0973. The Labute approximate surface area is 188 Å². The zero-order valence-electron chi connectivity index (χ0n) is 19.4. The van der Waals surface area contributed by atoms with Crippen LogP contribution in [0.15, 0.2) is 48.5 Å². The van der Waals surface area contributed by atoms with E-state index in [2.05, 4.69) is 50.2 Å². The summed E-state index contributed by atoms with van der Waals surface area (Å²) in [5.74, 6) is 0.377. The van der Waals surface area contributed by atoms with Gasteiger partial charge >= 0.3 is 0 Å². The molecule has 2 aromatic carbocycles. The second-order valence-corrected chi connectivity index (χ2v) is 9.30. The molecular formula is C29H38O2. The predicted molar refractivity (Wildman–Crippen MR) is 129 cm³/mol. The van der Waals surface area contributed by atoms with Crippen LogP contribution in [0.3, 0.4) is 0 Å². The predicted octanol–water partition coefficient (Wildman–Crippen LogP) is 7.37. The summed E-state index contributed by atoms with van der Waals surface area (Å²) in [5.41, 5.74) is 4.79. The second-order valence-electron chi connectivity index (χ2n) is 9.30. The molecule has 1 fully saturated rings. The van der Waals surface area contributed by atoms with Crippen molar-refractivity contribution in [2.75, 3.05) is 0 Å². The Hall–Kier alpha value is -2.22. The highest BCUT2D eigenvalue weighted by molar-refractivity contribution is 6.03. The third-order valence-corrected chi connectivity index (χ3v) is 6.77. The van der Waals surface area contributed by atoms with Crippen molar-refractivity contribution in [3.8, 4) is 11.1 Å². The van der Waals surface area contributed by atoms with Gasteiger partial charge in [-0.05, 0) is 53.9 Å². The van der Waals surface area contributed by atoms with Crippen LogP contribution in [0.5, 0.6) is 0 Å².